The Morgan fingerprint density at radius 2 is 2.15 bits per heavy atom. The summed E-state index contributed by atoms with van der Waals surface area (Å²) in [6.45, 7) is 4.57. The highest BCUT2D eigenvalue weighted by atomic mass is 16.5. The molecule has 1 aromatic rings. The van der Waals surface area contributed by atoms with Crippen molar-refractivity contribution in [2.75, 3.05) is 25.2 Å². The Kier molecular flexibility index (Phi) is 4.17. The molecule has 0 bridgehead atoms. The standard InChI is InChI=1S/C15H24N4O/c1-11-12(9-16-13-3-4-13)10-17-15(18-11)19(7-8-20-2)14-5-6-14/h10,13-14,16H,3-9H2,1-2H3. The zero-order valence-electron chi connectivity index (χ0n) is 12.4. The summed E-state index contributed by atoms with van der Waals surface area (Å²) < 4.78 is 5.19. The predicted molar refractivity (Wildman–Crippen MR) is 78.9 cm³/mol. The predicted octanol–water partition coefficient (Wildman–Crippen LogP) is 1.65. The Bertz CT molecular complexity index is 457. The van der Waals surface area contributed by atoms with Crippen molar-refractivity contribution in [3.63, 3.8) is 0 Å². The third-order valence-corrected chi connectivity index (χ3v) is 4.01. The molecule has 0 spiro atoms. The second-order valence-corrected chi connectivity index (χ2v) is 5.85. The van der Waals surface area contributed by atoms with E-state index in [0.717, 1.165) is 37.4 Å². The topological polar surface area (TPSA) is 50.3 Å². The van der Waals surface area contributed by atoms with Crippen LogP contribution in [-0.2, 0) is 11.3 Å². The molecular formula is C15H24N4O. The number of ether oxygens (including phenoxy) is 1. The Hall–Kier alpha value is -1.20. The van der Waals surface area contributed by atoms with Crippen molar-refractivity contribution in [1.82, 2.24) is 15.3 Å². The fraction of sp³-hybridized carbons (Fsp3) is 0.733. The lowest BCUT2D eigenvalue weighted by Crippen LogP contribution is -2.31. The number of nitrogens with one attached hydrogen (secondary N) is 1. The lowest BCUT2D eigenvalue weighted by molar-refractivity contribution is 0.204. The van der Waals surface area contributed by atoms with E-state index in [-0.39, 0.29) is 0 Å². The quantitative estimate of drug-likeness (QED) is 0.782. The van der Waals surface area contributed by atoms with Gasteiger partial charge in [-0.2, -0.15) is 0 Å². The molecule has 0 unspecified atom stereocenters. The first-order chi connectivity index (χ1) is 9.78. The van der Waals surface area contributed by atoms with Crippen molar-refractivity contribution in [1.29, 1.82) is 0 Å². The van der Waals surface area contributed by atoms with Crippen LogP contribution in [0.3, 0.4) is 0 Å². The molecule has 2 aliphatic rings. The van der Waals surface area contributed by atoms with E-state index in [2.05, 4.69) is 22.1 Å². The molecule has 1 aromatic heterocycles. The van der Waals surface area contributed by atoms with Gasteiger partial charge in [-0.3, -0.25) is 0 Å². The summed E-state index contributed by atoms with van der Waals surface area (Å²) in [6, 6.07) is 1.33. The number of aryl methyl sites for hydroxylation is 1. The Labute approximate surface area is 120 Å². The molecule has 20 heavy (non-hydrogen) atoms. The average Bonchev–Trinajstić information content (AvgIpc) is 3.31. The third kappa shape index (κ3) is 3.46. The van der Waals surface area contributed by atoms with E-state index >= 15 is 0 Å². The van der Waals surface area contributed by atoms with E-state index < -0.39 is 0 Å². The van der Waals surface area contributed by atoms with Gasteiger partial charge in [0.15, 0.2) is 0 Å². The third-order valence-electron chi connectivity index (χ3n) is 4.01. The molecule has 0 atom stereocenters. The number of hydrogen-bond donors (Lipinski definition) is 1. The number of nitrogens with zero attached hydrogens (tertiary/aromatic N) is 3. The smallest absolute Gasteiger partial charge is 0.225 e. The Balaban J connectivity index is 1.66. The van der Waals surface area contributed by atoms with Gasteiger partial charge in [-0.05, 0) is 32.6 Å². The van der Waals surface area contributed by atoms with Gasteiger partial charge >= 0.3 is 0 Å². The van der Waals surface area contributed by atoms with Gasteiger partial charge in [-0.15, -0.1) is 0 Å². The van der Waals surface area contributed by atoms with Crippen LogP contribution in [0.25, 0.3) is 0 Å². The molecule has 3 rings (SSSR count). The van der Waals surface area contributed by atoms with Crippen LogP contribution in [0.4, 0.5) is 5.95 Å². The summed E-state index contributed by atoms with van der Waals surface area (Å²) in [4.78, 5) is 11.6. The minimum atomic E-state index is 0.611. The fourth-order valence-electron chi connectivity index (χ4n) is 2.36. The first-order valence-corrected chi connectivity index (χ1v) is 7.59. The molecule has 5 heteroatoms. The molecule has 0 aliphatic heterocycles. The van der Waals surface area contributed by atoms with Crippen molar-refractivity contribution in [2.45, 2.75) is 51.2 Å². The van der Waals surface area contributed by atoms with Crippen molar-refractivity contribution in [3.05, 3.63) is 17.5 Å². The van der Waals surface area contributed by atoms with Gasteiger partial charge in [0.2, 0.25) is 5.95 Å². The minimum Gasteiger partial charge on any atom is -0.383 e. The summed E-state index contributed by atoms with van der Waals surface area (Å²) in [5, 5.41) is 3.52. The van der Waals surface area contributed by atoms with Gasteiger partial charge in [0.25, 0.3) is 0 Å². The highest BCUT2D eigenvalue weighted by Gasteiger charge is 2.30. The molecule has 2 aliphatic carbocycles. The van der Waals surface area contributed by atoms with Crippen LogP contribution >= 0.6 is 0 Å². The summed E-state index contributed by atoms with van der Waals surface area (Å²) in [5.74, 6) is 0.859. The first kappa shape index (κ1) is 13.8. The second-order valence-electron chi connectivity index (χ2n) is 5.85. The van der Waals surface area contributed by atoms with Gasteiger partial charge in [0, 0.05) is 49.7 Å². The zero-order chi connectivity index (χ0) is 13.9. The van der Waals surface area contributed by atoms with Gasteiger partial charge in [-0.25, -0.2) is 9.97 Å². The van der Waals surface area contributed by atoms with E-state index in [1.807, 2.05) is 6.20 Å². The van der Waals surface area contributed by atoms with Gasteiger partial charge in [0.05, 0.1) is 6.61 Å². The molecule has 0 saturated heterocycles. The van der Waals surface area contributed by atoms with Crippen molar-refractivity contribution < 1.29 is 4.74 Å². The summed E-state index contributed by atoms with van der Waals surface area (Å²) in [6.07, 6.45) is 7.10. The van der Waals surface area contributed by atoms with Gasteiger partial charge < -0.3 is 15.0 Å². The maximum atomic E-state index is 5.19. The van der Waals surface area contributed by atoms with Crippen molar-refractivity contribution >= 4 is 5.95 Å². The number of methoxy groups -OCH3 is 1. The largest absolute Gasteiger partial charge is 0.383 e. The normalized spacial score (nSPS) is 18.3. The van der Waals surface area contributed by atoms with Crippen molar-refractivity contribution in [3.8, 4) is 0 Å². The molecule has 0 aromatic carbocycles. The number of hydrogen-bond acceptors (Lipinski definition) is 5. The molecule has 0 radical (unpaired) electrons. The molecule has 1 heterocycles. The zero-order valence-corrected chi connectivity index (χ0v) is 12.4. The summed E-state index contributed by atoms with van der Waals surface area (Å²) in [7, 11) is 1.74. The Morgan fingerprint density at radius 1 is 1.35 bits per heavy atom. The maximum absolute atomic E-state index is 5.19. The molecule has 1 N–H and O–H groups in total. The molecule has 2 saturated carbocycles. The van der Waals surface area contributed by atoms with E-state index in [1.54, 1.807) is 7.11 Å². The molecule has 110 valence electrons. The number of rotatable bonds is 8. The van der Waals surface area contributed by atoms with Crippen LogP contribution in [0.5, 0.6) is 0 Å². The molecule has 0 amide bonds. The molecule has 2 fully saturated rings. The SMILES string of the molecule is COCCN(c1ncc(CNC2CC2)c(C)n1)C1CC1. The maximum Gasteiger partial charge on any atom is 0.225 e. The summed E-state index contributed by atoms with van der Waals surface area (Å²) in [5.41, 5.74) is 2.30. The van der Waals surface area contributed by atoms with Gasteiger partial charge in [-0.1, -0.05) is 0 Å². The molecule has 5 nitrogen and oxygen atoms in total. The lowest BCUT2D eigenvalue weighted by atomic mass is 10.2. The van der Waals surface area contributed by atoms with Gasteiger partial charge in [0.1, 0.15) is 0 Å². The van der Waals surface area contributed by atoms with E-state index in [9.17, 15) is 0 Å². The van der Waals surface area contributed by atoms with Crippen LogP contribution in [0, 0.1) is 6.92 Å². The van der Waals surface area contributed by atoms with E-state index in [1.165, 1.54) is 31.2 Å². The Morgan fingerprint density at radius 3 is 2.75 bits per heavy atom. The number of aromatic nitrogens is 2. The molecular weight excluding hydrogens is 252 g/mol. The van der Waals surface area contributed by atoms with Crippen LogP contribution in [0.1, 0.15) is 36.9 Å². The minimum absolute atomic E-state index is 0.611. The fourth-order valence-corrected chi connectivity index (χ4v) is 2.36. The summed E-state index contributed by atoms with van der Waals surface area (Å²) >= 11 is 0. The highest BCUT2D eigenvalue weighted by molar-refractivity contribution is 5.36. The van der Waals surface area contributed by atoms with E-state index in [0.29, 0.717) is 6.04 Å². The van der Waals surface area contributed by atoms with Crippen LogP contribution in [0.2, 0.25) is 0 Å². The second kappa shape index (κ2) is 6.06. The van der Waals surface area contributed by atoms with Crippen LogP contribution in [-0.4, -0.2) is 42.3 Å². The number of anilines is 1. The first-order valence-electron chi connectivity index (χ1n) is 7.59. The van der Waals surface area contributed by atoms with Crippen LogP contribution < -0.4 is 10.2 Å². The van der Waals surface area contributed by atoms with Crippen LogP contribution in [0.15, 0.2) is 6.20 Å². The monoisotopic (exact) mass is 276 g/mol. The van der Waals surface area contributed by atoms with Crippen molar-refractivity contribution in [2.24, 2.45) is 0 Å². The average molecular weight is 276 g/mol. The lowest BCUT2D eigenvalue weighted by Gasteiger charge is -2.22. The van der Waals surface area contributed by atoms with E-state index in [4.69, 9.17) is 9.72 Å². The highest BCUT2D eigenvalue weighted by Crippen LogP contribution is 2.29.